The highest BCUT2D eigenvalue weighted by Crippen LogP contribution is 2.26. The molecule has 0 bridgehead atoms. The van der Waals surface area contributed by atoms with Crippen LogP contribution in [0.3, 0.4) is 0 Å². The van der Waals surface area contributed by atoms with Crippen molar-refractivity contribution in [3.05, 3.63) is 46.0 Å². The predicted molar refractivity (Wildman–Crippen MR) is 75.6 cm³/mol. The molecule has 1 heterocycles. The summed E-state index contributed by atoms with van der Waals surface area (Å²) >= 11 is 11.7. The van der Waals surface area contributed by atoms with Gasteiger partial charge in [0.1, 0.15) is 12.0 Å². The van der Waals surface area contributed by atoms with Gasteiger partial charge in [0.15, 0.2) is 10.3 Å². The Balaban J connectivity index is 2.31. The lowest BCUT2D eigenvalue weighted by Crippen LogP contribution is -2.14. The van der Waals surface area contributed by atoms with E-state index in [0.717, 1.165) is 5.56 Å². The lowest BCUT2D eigenvalue weighted by molar-refractivity contribution is 0.102. The van der Waals surface area contributed by atoms with Crippen LogP contribution in [0.15, 0.2) is 24.5 Å². The number of rotatable bonds is 2. The molecule has 0 fully saturated rings. The highest BCUT2D eigenvalue weighted by Gasteiger charge is 2.13. The topological polar surface area (TPSA) is 80.9 Å². The van der Waals surface area contributed by atoms with Gasteiger partial charge in [0.05, 0.1) is 0 Å². The fourth-order valence-corrected chi connectivity index (χ4v) is 1.99. The van der Waals surface area contributed by atoms with Crippen molar-refractivity contribution in [3.63, 3.8) is 0 Å². The molecular weight excluding hydrogens is 287 g/mol. The van der Waals surface area contributed by atoms with Gasteiger partial charge in [0, 0.05) is 11.3 Å². The number of halogens is 2. The molecule has 2 aromatic rings. The van der Waals surface area contributed by atoms with Crippen LogP contribution in [0.25, 0.3) is 0 Å². The van der Waals surface area contributed by atoms with Crippen molar-refractivity contribution in [2.24, 2.45) is 0 Å². The number of carbonyl (C=O) groups is 1. The van der Waals surface area contributed by atoms with Gasteiger partial charge in [-0.05, 0) is 30.7 Å². The summed E-state index contributed by atoms with van der Waals surface area (Å²) < 4.78 is 0. The summed E-state index contributed by atoms with van der Waals surface area (Å²) in [4.78, 5) is 19.6. The van der Waals surface area contributed by atoms with Crippen LogP contribution in [-0.2, 0) is 0 Å². The Morgan fingerprint density at radius 2 is 1.84 bits per heavy atom. The van der Waals surface area contributed by atoms with Crippen molar-refractivity contribution < 1.29 is 4.79 Å². The van der Waals surface area contributed by atoms with Crippen LogP contribution in [0, 0.1) is 6.92 Å². The van der Waals surface area contributed by atoms with Gasteiger partial charge >= 0.3 is 0 Å². The second-order valence-corrected chi connectivity index (χ2v) is 4.63. The van der Waals surface area contributed by atoms with Crippen LogP contribution in [-0.4, -0.2) is 15.9 Å². The molecule has 0 aliphatic heterocycles. The fraction of sp³-hybridized carbons (Fsp3) is 0.0833. The summed E-state index contributed by atoms with van der Waals surface area (Å²) in [5, 5.41) is 2.72. The first-order valence-corrected chi connectivity index (χ1v) is 6.07. The highest BCUT2D eigenvalue weighted by atomic mass is 35.5. The maximum absolute atomic E-state index is 12.1. The third kappa shape index (κ3) is 3.13. The number of aryl methyl sites for hydroxylation is 1. The Hall–Kier alpha value is -1.85. The minimum atomic E-state index is -0.381. The summed E-state index contributed by atoms with van der Waals surface area (Å²) in [6, 6.07) is 5.04. The first-order valence-electron chi connectivity index (χ1n) is 5.32. The smallest absolute Gasteiger partial charge is 0.255 e. The predicted octanol–water partition coefficient (Wildman–Crippen LogP) is 2.93. The summed E-state index contributed by atoms with van der Waals surface area (Å²) in [5.41, 5.74) is 7.67. The van der Waals surface area contributed by atoms with E-state index in [2.05, 4.69) is 15.3 Å². The van der Waals surface area contributed by atoms with Gasteiger partial charge < -0.3 is 11.1 Å². The molecule has 0 saturated carbocycles. The van der Waals surface area contributed by atoms with Gasteiger partial charge in [-0.3, -0.25) is 4.79 Å². The molecule has 0 spiro atoms. The van der Waals surface area contributed by atoms with Crippen molar-refractivity contribution in [2.75, 3.05) is 11.1 Å². The molecule has 1 aromatic heterocycles. The summed E-state index contributed by atoms with van der Waals surface area (Å²) in [7, 11) is 0. The van der Waals surface area contributed by atoms with Crippen molar-refractivity contribution in [1.82, 2.24) is 9.97 Å². The zero-order valence-corrected chi connectivity index (χ0v) is 11.5. The van der Waals surface area contributed by atoms with E-state index in [0.29, 0.717) is 11.3 Å². The highest BCUT2D eigenvalue weighted by molar-refractivity contribution is 6.38. The minimum absolute atomic E-state index is 0.0778. The van der Waals surface area contributed by atoms with E-state index in [1.54, 1.807) is 18.2 Å². The van der Waals surface area contributed by atoms with Gasteiger partial charge in [-0.25, -0.2) is 9.97 Å². The van der Waals surface area contributed by atoms with Crippen molar-refractivity contribution in [1.29, 1.82) is 0 Å². The van der Waals surface area contributed by atoms with E-state index in [9.17, 15) is 4.79 Å². The molecule has 3 N–H and O–H groups in total. The van der Waals surface area contributed by atoms with Crippen LogP contribution in [0.2, 0.25) is 10.3 Å². The molecule has 19 heavy (non-hydrogen) atoms. The SMILES string of the molecule is Cc1cc(N)cc(C(=O)Nc2c(Cl)ncnc2Cl)c1. The second-order valence-electron chi connectivity index (χ2n) is 3.92. The molecular formula is C12H10Cl2N4O. The third-order valence-electron chi connectivity index (χ3n) is 2.36. The Morgan fingerprint density at radius 1 is 1.21 bits per heavy atom. The summed E-state index contributed by atoms with van der Waals surface area (Å²) in [6.45, 7) is 1.85. The standard InChI is InChI=1S/C12H10Cl2N4O/c1-6-2-7(4-8(15)3-6)12(19)18-9-10(13)16-5-17-11(9)14/h2-5H,15H2,1H3,(H,18,19). The normalized spacial score (nSPS) is 10.3. The van der Waals surface area contributed by atoms with Gasteiger partial charge in [0.2, 0.25) is 0 Å². The van der Waals surface area contributed by atoms with E-state index in [1.165, 1.54) is 6.33 Å². The van der Waals surface area contributed by atoms with Crippen LogP contribution in [0.4, 0.5) is 11.4 Å². The molecule has 2 rings (SSSR count). The van der Waals surface area contributed by atoms with Gasteiger partial charge in [-0.1, -0.05) is 23.2 Å². The molecule has 0 saturated heterocycles. The molecule has 98 valence electrons. The third-order valence-corrected chi connectivity index (χ3v) is 2.93. The van der Waals surface area contributed by atoms with Gasteiger partial charge in [0.25, 0.3) is 5.91 Å². The average Bonchev–Trinajstić information content (AvgIpc) is 2.32. The number of hydrogen-bond donors (Lipinski definition) is 2. The lowest BCUT2D eigenvalue weighted by Gasteiger charge is -2.08. The number of nitrogen functional groups attached to an aromatic ring is 1. The number of anilines is 2. The molecule has 5 nitrogen and oxygen atoms in total. The lowest BCUT2D eigenvalue weighted by atomic mass is 10.1. The fourth-order valence-electron chi connectivity index (χ4n) is 1.58. The molecule has 1 amide bonds. The summed E-state index contributed by atoms with van der Waals surface area (Å²) in [6.07, 6.45) is 1.21. The number of amides is 1. The number of hydrogen-bond acceptors (Lipinski definition) is 4. The molecule has 0 atom stereocenters. The van der Waals surface area contributed by atoms with Crippen LogP contribution in [0.5, 0.6) is 0 Å². The Kier molecular flexibility index (Phi) is 3.87. The number of carbonyl (C=O) groups excluding carboxylic acids is 1. The zero-order valence-electron chi connectivity index (χ0n) is 9.95. The number of nitrogens with two attached hydrogens (primary N) is 1. The quantitative estimate of drug-likeness (QED) is 0.659. The van der Waals surface area contributed by atoms with Gasteiger partial charge in [-0.15, -0.1) is 0 Å². The van der Waals surface area contributed by atoms with Crippen LogP contribution < -0.4 is 11.1 Å². The number of nitrogens with zero attached hydrogens (tertiary/aromatic N) is 2. The second kappa shape index (κ2) is 5.42. The van der Waals surface area contributed by atoms with Crippen LogP contribution in [0.1, 0.15) is 15.9 Å². The molecule has 0 aliphatic carbocycles. The Labute approximate surface area is 119 Å². The van der Waals surface area contributed by atoms with E-state index in [1.807, 2.05) is 6.92 Å². The van der Waals surface area contributed by atoms with E-state index in [4.69, 9.17) is 28.9 Å². The van der Waals surface area contributed by atoms with Crippen molar-refractivity contribution in [2.45, 2.75) is 6.92 Å². The summed E-state index contributed by atoms with van der Waals surface area (Å²) in [5.74, 6) is -0.381. The average molecular weight is 297 g/mol. The van der Waals surface area contributed by atoms with Crippen LogP contribution >= 0.6 is 23.2 Å². The van der Waals surface area contributed by atoms with Gasteiger partial charge in [-0.2, -0.15) is 0 Å². The number of aromatic nitrogens is 2. The maximum Gasteiger partial charge on any atom is 0.255 e. The largest absolute Gasteiger partial charge is 0.399 e. The van der Waals surface area contributed by atoms with E-state index < -0.39 is 0 Å². The first-order chi connectivity index (χ1) is 8.97. The Bertz CT molecular complexity index is 605. The van der Waals surface area contributed by atoms with E-state index in [-0.39, 0.29) is 21.9 Å². The molecule has 7 heteroatoms. The Morgan fingerprint density at radius 3 is 2.42 bits per heavy atom. The number of benzene rings is 1. The number of nitrogens with one attached hydrogen (secondary N) is 1. The van der Waals surface area contributed by atoms with Crippen molar-refractivity contribution >= 4 is 40.5 Å². The molecule has 0 radical (unpaired) electrons. The van der Waals surface area contributed by atoms with E-state index >= 15 is 0 Å². The first kappa shape index (κ1) is 13.6. The molecule has 0 unspecified atom stereocenters. The zero-order chi connectivity index (χ0) is 14.0. The maximum atomic E-state index is 12.1. The van der Waals surface area contributed by atoms with Crippen molar-refractivity contribution in [3.8, 4) is 0 Å². The minimum Gasteiger partial charge on any atom is -0.399 e. The monoisotopic (exact) mass is 296 g/mol. The molecule has 1 aromatic carbocycles. The molecule has 0 aliphatic rings.